The van der Waals surface area contributed by atoms with Crippen molar-refractivity contribution in [3.63, 3.8) is 0 Å². The van der Waals surface area contributed by atoms with E-state index in [0.29, 0.717) is 25.4 Å². The summed E-state index contributed by atoms with van der Waals surface area (Å²) in [6.45, 7) is 1.96. The Hall–Kier alpha value is -1.31. The van der Waals surface area contributed by atoms with Crippen LogP contribution in [0.2, 0.25) is 0 Å². The van der Waals surface area contributed by atoms with Crippen molar-refractivity contribution in [3.8, 4) is 5.75 Å². The van der Waals surface area contributed by atoms with E-state index in [1.165, 1.54) is 18.2 Å². The van der Waals surface area contributed by atoms with Gasteiger partial charge in [-0.25, -0.2) is 8.42 Å². The first-order valence-electron chi connectivity index (χ1n) is 6.93. The minimum Gasteiger partial charge on any atom is -0.490 e. The van der Waals surface area contributed by atoms with Crippen LogP contribution < -0.4 is 4.74 Å². The minimum atomic E-state index is -3.90. The highest BCUT2D eigenvalue weighted by Crippen LogP contribution is 2.27. The van der Waals surface area contributed by atoms with Gasteiger partial charge in [-0.15, -0.1) is 0 Å². The van der Waals surface area contributed by atoms with Gasteiger partial charge in [0.2, 0.25) is 0 Å². The zero-order valence-electron chi connectivity index (χ0n) is 12.2. The molecule has 1 saturated heterocycles. The van der Waals surface area contributed by atoms with Crippen LogP contribution in [-0.4, -0.2) is 52.6 Å². The van der Waals surface area contributed by atoms with Crippen LogP contribution in [0.15, 0.2) is 23.1 Å². The molecule has 122 valence electrons. The molecular weight excluding hydrogens is 330 g/mol. The first-order valence-corrected chi connectivity index (χ1v) is 9.24. The Labute approximate surface area is 134 Å². The van der Waals surface area contributed by atoms with Crippen molar-refractivity contribution in [2.75, 3.05) is 33.4 Å². The summed E-state index contributed by atoms with van der Waals surface area (Å²) in [6.07, 6.45) is 1.89. The molecule has 8 heteroatoms. The standard InChI is InChI=1S/C14H18ClNO5S/c1-20-8-9-21-13-5-4-11(22(15,18)19)10-12(13)14(17)16-6-2-3-7-16/h4-5,10H,2-3,6-9H2,1H3. The highest BCUT2D eigenvalue weighted by molar-refractivity contribution is 8.13. The highest BCUT2D eigenvalue weighted by Gasteiger charge is 2.24. The smallest absolute Gasteiger partial charge is 0.261 e. The first-order chi connectivity index (χ1) is 10.4. The number of hydrogen-bond acceptors (Lipinski definition) is 5. The lowest BCUT2D eigenvalue weighted by atomic mass is 10.1. The summed E-state index contributed by atoms with van der Waals surface area (Å²) >= 11 is 0. The summed E-state index contributed by atoms with van der Waals surface area (Å²) in [5.41, 5.74) is 0.208. The van der Waals surface area contributed by atoms with Crippen molar-refractivity contribution in [3.05, 3.63) is 23.8 Å². The summed E-state index contributed by atoms with van der Waals surface area (Å²) < 4.78 is 33.4. The number of benzene rings is 1. The van der Waals surface area contributed by atoms with Gasteiger partial charge in [-0.2, -0.15) is 0 Å². The van der Waals surface area contributed by atoms with E-state index < -0.39 is 9.05 Å². The van der Waals surface area contributed by atoms with Crippen molar-refractivity contribution >= 4 is 25.6 Å². The number of hydrogen-bond donors (Lipinski definition) is 0. The Morgan fingerprint density at radius 1 is 1.27 bits per heavy atom. The number of rotatable bonds is 6. The van der Waals surface area contributed by atoms with Crippen LogP contribution in [0.1, 0.15) is 23.2 Å². The van der Waals surface area contributed by atoms with E-state index in [1.807, 2.05) is 0 Å². The van der Waals surface area contributed by atoms with Gasteiger partial charge in [0.25, 0.3) is 15.0 Å². The summed E-state index contributed by atoms with van der Waals surface area (Å²) in [5, 5.41) is 0. The van der Waals surface area contributed by atoms with Crippen LogP contribution >= 0.6 is 10.7 Å². The minimum absolute atomic E-state index is 0.115. The molecule has 2 rings (SSSR count). The maximum absolute atomic E-state index is 12.6. The fraction of sp³-hybridized carbons (Fsp3) is 0.500. The molecule has 0 unspecified atom stereocenters. The van der Waals surface area contributed by atoms with E-state index in [2.05, 4.69) is 0 Å². The van der Waals surface area contributed by atoms with Crippen LogP contribution in [-0.2, 0) is 13.8 Å². The van der Waals surface area contributed by atoms with Crippen LogP contribution in [0.4, 0.5) is 0 Å². The Morgan fingerprint density at radius 2 is 1.95 bits per heavy atom. The summed E-state index contributed by atoms with van der Waals surface area (Å²) in [4.78, 5) is 14.1. The summed E-state index contributed by atoms with van der Waals surface area (Å²) in [7, 11) is 3.00. The summed E-state index contributed by atoms with van der Waals surface area (Å²) in [5.74, 6) is 0.0881. The van der Waals surface area contributed by atoms with Crippen LogP contribution in [0.3, 0.4) is 0 Å². The Balaban J connectivity index is 2.33. The Bertz CT molecular complexity index is 641. The van der Waals surface area contributed by atoms with Gasteiger partial charge in [-0.05, 0) is 31.0 Å². The van der Waals surface area contributed by atoms with Gasteiger partial charge in [-0.3, -0.25) is 4.79 Å². The third-order valence-corrected chi connectivity index (χ3v) is 4.75. The molecule has 6 nitrogen and oxygen atoms in total. The molecule has 1 aromatic rings. The molecule has 1 aromatic carbocycles. The molecule has 0 spiro atoms. The molecule has 1 heterocycles. The van der Waals surface area contributed by atoms with Gasteiger partial charge in [0.1, 0.15) is 12.4 Å². The molecule has 0 saturated carbocycles. The maximum Gasteiger partial charge on any atom is 0.261 e. The molecule has 0 N–H and O–H groups in total. The van der Waals surface area contributed by atoms with Crippen molar-refractivity contribution in [2.45, 2.75) is 17.7 Å². The van der Waals surface area contributed by atoms with Crippen LogP contribution in [0, 0.1) is 0 Å². The van der Waals surface area contributed by atoms with Crippen LogP contribution in [0.25, 0.3) is 0 Å². The third-order valence-electron chi connectivity index (χ3n) is 3.40. The maximum atomic E-state index is 12.6. The SMILES string of the molecule is COCCOc1ccc(S(=O)(=O)Cl)cc1C(=O)N1CCCC1. The molecule has 1 amide bonds. The van der Waals surface area contributed by atoms with Gasteiger partial charge in [0.05, 0.1) is 17.1 Å². The zero-order chi connectivity index (χ0) is 16.2. The van der Waals surface area contributed by atoms with Gasteiger partial charge < -0.3 is 14.4 Å². The topological polar surface area (TPSA) is 72.9 Å². The summed E-state index contributed by atoms with van der Waals surface area (Å²) in [6, 6.07) is 4.05. The van der Waals surface area contributed by atoms with Crippen molar-refractivity contribution in [2.24, 2.45) is 0 Å². The lowest BCUT2D eigenvalue weighted by Gasteiger charge is -2.18. The average Bonchev–Trinajstić information content (AvgIpc) is 3.00. The molecule has 1 aliphatic heterocycles. The molecule has 0 atom stereocenters. The van der Waals surface area contributed by atoms with Gasteiger partial charge in [0, 0.05) is 30.9 Å². The largest absolute Gasteiger partial charge is 0.490 e. The van der Waals surface area contributed by atoms with E-state index in [4.69, 9.17) is 20.2 Å². The Kier molecular flexibility index (Phi) is 5.66. The fourth-order valence-corrected chi connectivity index (χ4v) is 3.06. The molecule has 1 aliphatic rings. The van der Waals surface area contributed by atoms with Crippen molar-refractivity contribution in [1.29, 1.82) is 0 Å². The Morgan fingerprint density at radius 3 is 2.55 bits per heavy atom. The second-order valence-electron chi connectivity index (χ2n) is 4.94. The first kappa shape index (κ1) is 17.1. The fourth-order valence-electron chi connectivity index (χ4n) is 2.28. The lowest BCUT2D eigenvalue weighted by molar-refractivity contribution is 0.0785. The number of nitrogens with zero attached hydrogens (tertiary/aromatic N) is 1. The van der Waals surface area contributed by atoms with E-state index >= 15 is 0 Å². The second kappa shape index (κ2) is 7.30. The van der Waals surface area contributed by atoms with E-state index in [1.54, 1.807) is 12.0 Å². The molecule has 1 fully saturated rings. The lowest BCUT2D eigenvalue weighted by Crippen LogP contribution is -2.28. The predicted octanol–water partition coefficient (Wildman–Crippen LogP) is 1.88. The third kappa shape index (κ3) is 4.12. The molecule has 0 aromatic heterocycles. The van der Waals surface area contributed by atoms with Gasteiger partial charge in [-0.1, -0.05) is 0 Å². The monoisotopic (exact) mass is 347 g/mol. The number of methoxy groups -OCH3 is 1. The van der Waals surface area contributed by atoms with E-state index in [0.717, 1.165) is 12.8 Å². The molecule has 0 radical (unpaired) electrons. The van der Waals surface area contributed by atoms with Crippen molar-refractivity contribution < 1.29 is 22.7 Å². The van der Waals surface area contributed by atoms with E-state index in [-0.39, 0.29) is 23.0 Å². The van der Waals surface area contributed by atoms with Gasteiger partial charge >= 0.3 is 0 Å². The van der Waals surface area contributed by atoms with Gasteiger partial charge in [0.15, 0.2) is 0 Å². The van der Waals surface area contributed by atoms with Crippen molar-refractivity contribution in [1.82, 2.24) is 4.90 Å². The van der Waals surface area contributed by atoms with E-state index in [9.17, 15) is 13.2 Å². The van der Waals surface area contributed by atoms with Crippen LogP contribution in [0.5, 0.6) is 5.75 Å². The molecule has 22 heavy (non-hydrogen) atoms. The molecule has 0 aliphatic carbocycles. The highest BCUT2D eigenvalue weighted by atomic mass is 35.7. The molecule has 0 bridgehead atoms. The zero-order valence-corrected chi connectivity index (χ0v) is 13.8. The molecular formula is C14H18ClNO5S. The number of carbonyl (C=O) groups is 1. The predicted molar refractivity (Wildman–Crippen MR) is 82.0 cm³/mol. The number of amides is 1. The second-order valence-corrected chi connectivity index (χ2v) is 7.50. The number of likely N-dealkylation sites (tertiary alicyclic amines) is 1. The number of halogens is 1. The average molecular weight is 348 g/mol. The number of ether oxygens (including phenoxy) is 2. The number of carbonyl (C=O) groups excluding carboxylic acids is 1. The normalized spacial score (nSPS) is 15.1. The quantitative estimate of drug-likeness (QED) is 0.580.